The Morgan fingerprint density at radius 3 is 2.83 bits per heavy atom. The quantitative estimate of drug-likeness (QED) is 0.617. The van der Waals surface area contributed by atoms with Crippen molar-refractivity contribution in [3.63, 3.8) is 0 Å². The monoisotopic (exact) mass is 169 g/mol. The van der Waals surface area contributed by atoms with Gasteiger partial charge < -0.3 is 10.8 Å². The summed E-state index contributed by atoms with van der Waals surface area (Å²) >= 11 is 0. The van der Waals surface area contributed by atoms with E-state index in [2.05, 4.69) is 6.08 Å². The molecular weight excluding hydrogens is 150 g/mol. The van der Waals surface area contributed by atoms with Crippen LogP contribution in [-0.2, 0) is 0 Å². The lowest BCUT2D eigenvalue weighted by atomic mass is 9.96. The van der Waals surface area contributed by atoms with E-state index in [0.29, 0.717) is 6.54 Å². The van der Waals surface area contributed by atoms with Gasteiger partial charge >= 0.3 is 0 Å². The number of allylic oxidation sites excluding steroid dienone is 1. The molecule has 0 saturated carbocycles. The Hall–Kier alpha value is -0.340. The average Bonchev–Trinajstić information content (AvgIpc) is 2.02. The van der Waals surface area contributed by atoms with E-state index in [9.17, 15) is 5.11 Å². The van der Waals surface area contributed by atoms with Gasteiger partial charge in [0.1, 0.15) is 0 Å². The average molecular weight is 169 g/mol. The summed E-state index contributed by atoms with van der Waals surface area (Å²) in [4.78, 5) is 0. The van der Waals surface area contributed by atoms with Crippen molar-refractivity contribution in [2.45, 2.75) is 44.6 Å². The fourth-order valence-corrected chi connectivity index (χ4v) is 1.67. The number of rotatable bonds is 2. The predicted molar refractivity (Wildman–Crippen MR) is 50.8 cm³/mol. The van der Waals surface area contributed by atoms with Crippen LogP contribution in [0.4, 0.5) is 0 Å². The van der Waals surface area contributed by atoms with E-state index in [1.165, 1.54) is 25.7 Å². The highest BCUT2D eigenvalue weighted by atomic mass is 16.3. The topological polar surface area (TPSA) is 46.2 Å². The number of hydrogen-bond donors (Lipinski definition) is 2. The van der Waals surface area contributed by atoms with Crippen LogP contribution in [0.3, 0.4) is 0 Å². The zero-order valence-corrected chi connectivity index (χ0v) is 7.63. The first-order valence-corrected chi connectivity index (χ1v) is 4.91. The Morgan fingerprint density at radius 1 is 1.33 bits per heavy atom. The van der Waals surface area contributed by atoms with Crippen LogP contribution in [0.15, 0.2) is 11.6 Å². The fraction of sp³-hybridized carbons (Fsp3) is 0.800. The second-order valence-electron chi connectivity index (χ2n) is 3.48. The van der Waals surface area contributed by atoms with Gasteiger partial charge in [0.15, 0.2) is 0 Å². The van der Waals surface area contributed by atoms with Crippen LogP contribution < -0.4 is 5.73 Å². The largest absolute Gasteiger partial charge is 0.387 e. The summed E-state index contributed by atoms with van der Waals surface area (Å²) in [5.41, 5.74) is 6.57. The van der Waals surface area contributed by atoms with Gasteiger partial charge in [-0.05, 0) is 31.3 Å². The summed E-state index contributed by atoms with van der Waals surface area (Å²) in [5.74, 6) is 0. The summed E-state index contributed by atoms with van der Waals surface area (Å²) in [7, 11) is 0. The van der Waals surface area contributed by atoms with Crippen molar-refractivity contribution in [3.05, 3.63) is 11.6 Å². The molecule has 1 rings (SSSR count). The molecule has 2 heteroatoms. The maximum absolute atomic E-state index is 9.51. The molecule has 0 radical (unpaired) electrons. The SMILES string of the molecule is NCC(O)C1=CCCCCCC1. The maximum atomic E-state index is 9.51. The Kier molecular flexibility index (Phi) is 4.33. The molecule has 2 nitrogen and oxygen atoms in total. The van der Waals surface area contributed by atoms with E-state index in [1.54, 1.807) is 0 Å². The molecule has 0 aromatic heterocycles. The minimum Gasteiger partial charge on any atom is -0.387 e. The zero-order chi connectivity index (χ0) is 8.81. The second kappa shape index (κ2) is 5.33. The number of aliphatic hydroxyl groups excluding tert-OH is 1. The van der Waals surface area contributed by atoms with Gasteiger partial charge in [-0.3, -0.25) is 0 Å². The Balaban J connectivity index is 2.46. The van der Waals surface area contributed by atoms with E-state index in [1.807, 2.05) is 0 Å². The Bertz CT molecular complexity index is 154. The van der Waals surface area contributed by atoms with Crippen molar-refractivity contribution in [1.82, 2.24) is 0 Å². The van der Waals surface area contributed by atoms with Gasteiger partial charge in [0, 0.05) is 6.54 Å². The molecule has 1 atom stereocenters. The summed E-state index contributed by atoms with van der Waals surface area (Å²) in [6.07, 6.45) is 9.06. The van der Waals surface area contributed by atoms with Gasteiger partial charge in [-0.2, -0.15) is 0 Å². The molecule has 0 aromatic rings. The lowest BCUT2D eigenvalue weighted by Crippen LogP contribution is -2.22. The molecule has 1 aliphatic rings. The first kappa shape index (κ1) is 9.75. The highest BCUT2D eigenvalue weighted by molar-refractivity contribution is 5.09. The molecule has 0 aromatic carbocycles. The van der Waals surface area contributed by atoms with E-state index in [0.717, 1.165) is 18.4 Å². The molecule has 12 heavy (non-hydrogen) atoms. The van der Waals surface area contributed by atoms with Crippen LogP contribution >= 0.6 is 0 Å². The Labute approximate surface area is 74.5 Å². The van der Waals surface area contributed by atoms with Crippen LogP contribution in [0.2, 0.25) is 0 Å². The van der Waals surface area contributed by atoms with Crippen molar-refractivity contribution < 1.29 is 5.11 Å². The highest BCUT2D eigenvalue weighted by Gasteiger charge is 2.09. The minimum absolute atomic E-state index is 0.367. The standard InChI is InChI=1S/C10H19NO/c11-8-10(12)9-6-4-2-1-3-5-7-9/h6,10,12H,1-5,7-8,11H2. The van der Waals surface area contributed by atoms with E-state index in [-0.39, 0.29) is 6.10 Å². The molecule has 0 aliphatic heterocycles. The van der Waals surface area contributed by atoms with E-state index < -0.39 is 0 Å². The van der Waals surface area contributed by atoms with Crippen molar-refractivity contribution in [2.24, 2.45) is 5.73 Å². The molecule has 0 spiro atoms. The van der Waals surface area contributed by atoms with Crippen LogP contribution in [-0.4, -0.2) is 17.8 Å². The minimum atomic E-state index is -0.386. The van der Waals surface area contributed by atoms with Crippen LogP contribution in [0.5, 0.6) is 0 Å². The molecule has 0 amide bonds. The fourth-order valence-electron chi connectivity index (χ4n) is 1.67. The third-order valence-electron chi connectivity index (χ3n) is 2.48. The van der Waals surface area contributed by atoms with Crippen molar-refractivity contribution >= 4 is 0 Å². The molecule has 70 valence electrons. The summed E-state index contributed by atoms with van der Waals surface area (Å²) in [5, 5.41) is 9.51. The molecule has 0 heterocycles. The zero-order valence-electron chi connectivity index (χ0n) is 7.63. The molecule has 0 bridgehead atoms. The predicted octanol–water partition coefficient (Wildman–Crippen LogP) is 1.59. The van der Waals surface area contributed by atoms with Crippen LogP contribution in [0.25, 0.3) is 0 Å². The van der Waals surface area contributed by atoms with Crippen LogP contribution in [0.1, 0.15) is 38.5 Å². The second-order valence-corrected chi connectivity index (χ2v) is 3.48. The van der Waals surface area contributed by atoms with Gasteiger partial charge in [0.25, 0.3) is 0 Å². The van der Waals surface area contributed by atoms with Gasteiger partial charge in [-0.15, -0.1) is 0 Å². The van der Waals surface area contributed by atoms with Crippen molar-refractivity contribution in [3.8, 4) is 0 Å². The summed E-state index contributed by atoms with van der Waals surface area (Å²) in [6, 6.07) is 0. The molecule has 1 aliphatic carbocycles. The van der Waals surface area contributed by atoms with Gasteiger partial charge in [-0.1, -0.05) is 18.9 Å². The molecule has 1 unspecified atom stereocenters. The van der Waals surface area contributed by atoms with Gasteiger partial charge in [0.05, 0.1) is 6.10 Å². The Morgan fingerprint density at radius 2 is 2.08 bits per heavy atom. The van der Waals surface area contributed by atoms with E-state index >= 15 is 0 Å². The summed E-state index contributed by atoms with van der Waals surface area (Å²) in [6.45, 7) is 0.367. The smallest absolute Gasteiger partial charge is 0.0872 e. The number of nitrogens with two attached hydrogens (primary N) is 1. The molecular formula is C10H19NO. The number of aliphatic hydroxyl groups is 1. The summed E-state index contributed by atoms with van der Waals surface area (Å²) < 4.78 is 0. The number of hydrogen-bond acceptors (Lipinski definition) is 2. The lowest BCUT2D eigenvalue weighted by molar-refractivity contribution is 0.213. The third-order valence-corrected chi connectivity index (χ3v) is 2.48. The van der Waals surface area contributed by atoms with Crippen molar-refractivity contribution in [1.29, 1.82) is 0 Å². The molecule has 0 saturated heterocycles. The maximum Gasteiger partial charge on any atom is 0.0872 e. The first-order valence-electron chi connectivity index (χ1n) is 4.91. The van der Waals surface area contributed by atoms with E-state index in [4.69, 9.17) is 5.73 Å². The normalized spacial score (nSPS) is 22.3. The third kappa shape index (κ3) is 2.95. The molecule has 0 fully saturated rings. The van der Waals surface area contributed by atoms with Crippen LogP contribution in [0, 0.1) is 0 Å². The van der Waals surface area contributed by atoms with Crippen molar-refractivity contribution in [2.75, 3.05) is 6.54 Å². The van der Waals surface area contributed by atoms with Gasteiger partial charge in [0.2, 0.25) is 0 Å². The highest BCUT2D eigenvalue weighted by Crippen LogP contribution is 2.18. The lowest BCUT2D eigenvalue weighted by Gasteiger charge is -2.15. The first-order chi connectivity index (χ1) is 5.84. The van der Waals surface area contributed by atoms with Gasteiger partial charge in [-0.25, -0.2) is 0 Å². The molecule has 3 N–H and O–H groups in total.